The Bertz CT molecular complexity index is 1420. The average Bonchev–Trinajstić information content (AvgIpc) is 3.40. The molecule has 2 bridgehead atoms. The van der Waals surface area contributed by atoms with Crippen molar-refractivity contribution in [3.05, 3.63) is 112 Å². The Hall–Kier alpha value is -2.50. The average molecular weight is 569 g/mol. The van der Waals surface area contributed by atoms with Crippen LogP contribution in [0.15, 0.2) is 101 Å². The molecule has 2 aromatic rings. The van der Waals surface area contributed by atoms with Gasteiger partial charge in [0, 0.05) is 11.5 Å². The van der Waals surface area contributed by atoms with Gasteiger partial charge in [0.2, 0.25) is 0 Å². The summed E-state index contributed by atoms with van der Waals surface area (Å²) < 4.78 is 59.1. The first-order valence-electron chi connectivity index (χ1n) is 13.3. The number of fused-ring (bicyclic) bond motifs is 1. The summed E-state index contributed by atoms with van der Waals surface area (Å²) in [6.45, 7) is 7.80. The minimum Gasteiger partial charge on any atom is -0.473 e. The summed E-state index contributed by atoms with van der Waals surface area (Å²) in [5.74, 6) is -0.395. The van der Waals surface area contributed by atoms with Gasteiger partial charge >= 0.3 is 15.2 Å². The Labute approximate surface area is 230 Å². The molecule has 2 aliphatic carbocycles. The Morgan fingerprint density at radius 3 is 1.79 bits per heavy atom. The highest BCUT2D eigenvalue weighted by molar-refractivity contribution is 7.60. The highest BCUT2D eigenvalue weighted by atomic mass is 31.2. The molecule has 0 amide bonds. The third kappa shape index (κ3) is 4.37. The lowest BCUT2D eigenvalue weighted by molar-refractivity contribution is 0.226. The lowest BCUT2D eigenvalue weighted by Gasteiger charge is -2.38. The van der Waals surface area contributed by atoms with Crippen molar-refractivity contribution in [3.8, 4) is 0 Å². The van der Waals surface area contributed by atoms with Crippen molar-refractivity contribution in [2.45, 2.75) is 33.6 Å². The lowest BCUT2D eigenvalue weighted by Crippen LogP contribution is -2.27. The summed E-state index contributed by atoms with van der Waals surface area (Å²) in [4.78, 5) is 0. The number of rotatable bonds is 12. The molecule has 2 aromatic carbocycles. The van der Waals surface area contributed by atoms with Crippen LogP contribution in [0.3, 0.4) is 0 Å². The van der Waals surface area contributed by atoms with Gasteiger partial charge in [-0.2, -0.15) is 0 Å². The first-order valence-corrected chi connectivity index (χ1v) is 16.4. The van der Waals surface area contributed by atoms with E-state index in [9.17, 15) is 9.13 Å². The van der Waals surface area contributed by atoms with Crippen LogP contribution in [0.25, 0.3) is 5.57 Å². The molecule has 0 saturated carbocycles. The second kappa shape index (κ2) is 11.2. The number of allylic oxidation sites excluding steroid dienone is 6. The molecule has 206 valence electrons. The van der Waals surface area contributed by atoms with Gasteiger partial charge in [-0.1, -0.05) is 60.7 Å². The molecular formula is C30H34O7P2. The molecule has 3 aliphatic rings. The van der Waals surface area contributed by atoms with Crippen LogP contribution < -0.4 is 0 Å². The number of ether oxygens (including phenoxy) is 1. The van der Waals surface area contributed by atoms with E-state index in [0.29, 0.717) is 21.8 Å². The van der Waals surface area contributed by atoms with Crippen LogP contribution in [0.4, 0.5) is 0 Å². The van der Waals surface area contributed by atoms with E-state index in [1.54, 1.807) is 40.2 Å². The van der Waals surface area contributed by atoms with E-state index < -0.39 is 26.5 Å². The Morgan fingerprint density at radius 1 is 0.744 bits per heavy atom. The summed E-state index contributed by atoms with van der Waals surface area (Å²) in [6.07, 6.45) is 5.21. The van der Waals surface area contributed by atoms with Gasteiger partial charge in [-0.05, 0) is 56.0 Å². The highest BCUT2D eigenvalue weighted by Gasteiger charge is 2.67. The minimum atomic E-state index is -3.91. The maximum absolute atomic E-state index is 14.8. The zero-order chi connectivity index (χ0) is 27.7. The summed E-state index contributed by atoms with van der Waals surface area (Å²) in [7, 11) is -7.81. The van der Waals surface area contributed by atoms with Crippen molar-refractivity contribution in [3.63, 3.8) is 0 Å². The third-order valence-corrected chi connectivity index (χ3v) is 11.6. The number of hydrogen-bond acceptors (Lipinski definition) is 7. The zero-order valence-corrected chi connectivity index (χ0v) is 24.5. The molecule has 2 unspecified atom stereocenters. The van der Waals surface area contributed by atoms with Crippen LogP contribution in [0.5, 0.6) is 0 Å². The van der Waals surface area contributed by atoms with Crippen molar-refractivity contribution in [1.82, 2.24) is 0 Å². The van der Waals surface area contributed by atoms with E-state index >= 15 is 0 Å². The van der Waals surface area contributed by atoms with Gasteiger partial charge in [0.25, 0.3) is 0 Å². The second-order valence-corrected chi connectivity index (χ2v) is 13.1. The Kier molecular flexibility index (Phi) is 8.03. The van der Waals surface area contributed by atoms with Crippen LogP contribution in [0.2, 0.25) is 0 Å². The molecule has 39 heavy (non-hydrogen) atoms. The maximum Gasteiger partial charge on any atom is 0.362 e. The molecular weight excluding hydrogens is 534 g/mol. The molecule has 1 heterocycles. The molecule has 0 N–H and O–H groups in total. The summed E-state index contributed by atoms with van der Waals surface area (Å²) in [5.41, 5.74) is 2.96. The van der Waals surface area contributed by atoms with Gasteiger partial charge in [0.05, 0.1) is 55.0 Å². The zero-order valence-electron chi connectivity index (χ0n) is 22.7. The van der Waals surface area contributed by atoms with Gasteiger partial charge in [-0.15, -0.1) is 0 Å². The highest BCUT2D eigenvalue weighted by Crippen LogP contribution is 2.83. The normalized spacial score (nSPS) is 22.3. The van der Waals surface area contributed by atoms with E-state index in [2.05, 4.69) is 0 Å². The van der Waals surface area contributed by atoms with Gasteiger partial charge in [0.15, 0.2) is 0 Å². The molecule has 1 aliphatic heterocycles. The standard InChI is InChI=1S/C30H34O7P2/c1-5-34-38(31,35-6-2)28-24-21-33-20-19-30(24)26(22-15-11-9-12-16-22)25(28)29(39(32,36-7-3)37-8-4)27(30)23-17-13-10-14-18-23/h9-21,26H,5-8H2,1-4H3. The van der Waals surface area contributed by atoms with Gasteiger partial charge in [0.1, 0.15) is 0 Å². The first-order chi connectivity index (χ1) is 18.9. The molecule has 1 spiro atoms. The largest absolute Gasteiger partial charge is 0.473 e. The summed E-state index contributed by atoms with van der Waals surface area (Å²) in [5, 5.41) is 0.795. The van der Waals surface area contributed by atoms with Crippen molar-refractivity contribution in [1.29, 1.82) is 0 Å². The number of benzene rings is 2. The van der Waals surface area contributed by atoms with E-state index in [1.165, 1.54) is 0 Å². The molecule has 7 nitrogen and oxygen atoms in total. The van der Waals surface area contributed by atoms with Gasteiger partial charge < -0.3 is 22.8 Å². The second-order valence-electron chi connectivity index (χ2n) is 9.20. The monoisotopic (exact) mass is 568 g/mol. The third-order valence-electron chi connectivity index (χ3n) is 7.14. The van der Waals surface area contributed by atoms with Crippen LogP contribution in [-0.4, -0.2) is 26.4 Å². The summed E-state index contributed by atoms with van der Waals surface area (Å²) in [6, 6.07) is 19.7. The van der Waals surface area contributed by atoms with Crippen LogP contribution in [0, 0.1) is 5.41 Å². The number of hydrogen-bond donors (Lipinski definition) is 0. The summed E-state index contributed by atoms with van der Waals surface area (Å²) >= 11 is 0. The van der Waals surface area contributed by atoms with E-state index in [1.807, 2.05) is 66.7 Å². The van der Waals surface area contributed by atoms with Crippen LogP contribution in [-0.2, 0) is 32.0 Å². The predicted octanol–water partition coefficient (Wildman–Crippen LogP) is 8.41. The molecule has 9 heteroatoms. The van der Waals surface area contributed by atoms with E-state index in [0.717, 1.165) is 16.7 Å². The predicted molar refractivity (Wildman–Crippen MR) is 152 cm³/mol. The fraction of sp³-hybridized carbons (Fsp3) is 0.333. The maximum atomic E-state index is 14.8. The van der Waals surface area contributed by atoms with E-state index in [-0.39, 0.29) is 26.4 Å². The fourth-order valence-corrected chi connectivity index (χ4v) is 10.3. The lowest BCUT2D eigenvalue weighted by atomic mass is 9.67. The molecule has 0 fully saturated rings. The van der Waals surface area contributed by atoms with Crippen LogP contribution >= 0.6 is 15.2 Å². The van der Waals surface area contributed by atoms with Gasteiger partial charge in [-0.3, -0.25) is 9.13 Å². The fourth-order valence-electron chi connectivity index (χ4n) is 6.04. The molecule has 0 radical (unpaired) electrons. The smallest absolute Gasteiger partial charge is 0.362 e. The van der Waals surface area contributed by atoms with E-state index in [4.69, 9.17) is 22.8 Å². The van der Waals surface area contributed by atoms with Crippen molar-refractivity contribution >= 4 is 20.8 Å². The van der Waals surface area contributed by atoms with Gasteiger partial charge in [-0.25, -0.2) is 0 Å². The van der Waals surface area contributed by atoms with Crippen LogP contribution in [0.1, 0.15) is 44.7 Å². The van der Waals surface area contributed by atoms with Crippen molar-refractivity contribution in [2.24, 2.45) is 5.41 Å². The molecule has 0 aromatic heterocycles. The first kappa shape index (κ1) is 28.0. The molecule has 0 saturated heterocycles. The SMILES string of the molecule is CCOP(=O)(OCC)C1=C2C(P(=O)(OCC)OCC)=C(c3ccccc3)C3(C=COC=C13)C2c1ccccc1. The minimum absolute atomic E-state index is 0.167. The topological polar surface area (TPSA) is 80.3 Å². The Balaban J connectivity index is 1.98. The quantitative estimate of drug-likeness (QED) is 0.238. The van der Waals surface area contributed by atoms with Crippen molar-refractivity contribution < 1.29 is 32.0 Å². The Morgan fingerprint density at radius 2 is 1.26 bits per heavy atom. The molecule has 5 rings (SSSR count). The molecule has 2 atom stereocenters. The van der Waals surface area contributed by atoms with Crippen molar-refractivity contribution in [2.75, 3.05) is 26.4 Å².